The van der Waals surface area contributed by atoms with Gasteiger partial charge >= 0.3 is 0 Å². The normalized spacial score (nSPS) is 19.2. The monoisotopic (exact) mass is 375 g/mol. The molecule has 2 aromatic rings. The second-order valence-electron chi connectivity index (χ2n) is 6.07. The molecule has 26 heavy (non-hydrogen) atoms. The van der Waals surface area contributed by atoms with Gasteiger partial charge < -0.3 is 14.8 Å². The maximum absolute atomic E-state index is 12.7. The van der Waals surface area contributed by atoms with Crippen LogP contribution in [0.1, 0.15) is 17.2 Å². The Hall–Kier alpha value is -2.28. The van der Waals surface area contributed by atoms with Gasteiger partial charge in [-0.25, -0.2) is 5.43 Å². The molecule has 7 heteroatoms. The Kier molecular flexibility index (Phi) is 5.98. The summed E-state index contributed by atoms with van der Waals surface area (Å²) in [4.78, 5) is 12.7. The van der Waals surface area contributed by atoms with Crippen molar-refractivity contribution in [1.29, 1.82) is 0 Å². The molecule has 1 saturated heterocycles. The van der Waals surface area contributed by atoms with Gasteiger partial charge in [-0.05, 0) is 35.4 Å². The van der Waals surface area contributed by atoms with Gasteiger partial charge in [-0.2, -0.15) is 0 Å². The predicted octanol–water partition coefficient (Wildman–Crippen LogP) is 2.44. The highest BCUT2D eigenvalue weighted by molar-refractivity contribution is 6.30. The van der Waals surface area contributed by atoms with Gasteiger partial charge in [-0.3, -0.25) is 10.2 Å². The quantitative estimate of drug-likeness (QED) is 0.723. The highest BCUT2D eigenvalue weighted by atomic mass is 35.5. The van der Waals surface area contributed by atoms with Crippen LogP contribution in [-0.2, 0) is 11.3 Å². The first-order valence-electron chi connectivity index (χ1n) is 8.35. The van der Waals surface area contributed by atoms with E-state index >= 15 is 0 Å². The standard InChI is InChI=1S/C19H22ClN3O3/c1-25-16-8-3-12(9-17(16)26-2)10-21-19(24)15-11-22-23-18(15)13-4-6-14(20)7-5-13/h3-9,15,18,22-23H,10-11H2,1-2H3,(H,21,24). The number of carbonyl (C=O) groups excluding carboxylic acids is 1. The predicted molar refractivity (Wildman–Crippen MR) is 100 cm³/mol. The van der Waals surface area contributed by atoms with Crippen LogP contribution < -0.4 is 25.6 Å². The van der Waals surface area contributed by atoms with E-state index in [4.69, 9.17) is 21.1 Å². The minimum absolute atomic E-state index is 0.0164. The molecule has 0 bridgehead atoms. The van der Waals surface area contributed by atoms with Gasteiger partial charge in [0.15, 0.2) is 11.5 Å². The molecule has 138 valence electrons. The summed E-state index contributed by atoms with van der Waals surface area (Å²) in [6.45, 7) is 0.980. The molecular weight excluding hydrogens is 354 g/mol. The lowest BCUT2D eigenvalue weighted by atomic mass is 9.94. The Labute approximate surface area is 157 Å². The molecule has 1 aliphatic heterocycles. The van der Waals surface area contributed by atoms with Crippen LogP contribution >= 0.6 is 11.6 Å². The fraction of sp³-hybridized carbons (Fsp3) is 0.316. The first-order chi connectivity index (χ1) is 12.6. The summed E-state index contributed by atoms with van der Waals surface area (Å²) < 4.78 is 10.5. The average molecular weight is 376 g/mol. The summed E-state index contributed by atoms with van der Waals surface area (Å²) in [5.74, 6) is 1.07. The van der Waals surface area contributed by atoms with E-state index in [2.05, 4.69) is 16.2 Å². The summed E-state index contributed by atoms with van der Waals surface area (Å²) in [5, 5.41) is 3.67. The Morgan fingerprint density at radius 3 is 2.58 bits per heavy atom. The third-order valence-corrected chi connectivity index (χ3v) is 4.71. The van der Waals surface area contributed by atoms with Gasteiger partial charge in [0, 0.05) is 18.1 Å². The molecule has 3 N–H and O–H groups in total. The van der Waals surface area contributed by atoms with Crippen molar-refractivity contribution in [3.05, 3.63) is 58.6 Å². The maximum Gasteiger partial charge on any atom is 0.226 e. The molecule has 0 radical (unpaired) electrons. The second-order valence-corrected chi connectivity index (χ2v) is 6.50. The largest absolute Gasteiger partial charge is 0.493 e. The lowest BCUT2D eigenvalue weighted by molar-refractivity contribution is -0.125. The van der Waals surface area contributed by atoms with Crippen molar-refractivity contribution in [2.24, 2.45) is 5.92 Å². The molecule has 0 spiro atoms. The van der Waals surface area contributed by atoms with E-state index in [1.54, 1.807) is 14.2 Å². The van der Waals surface area contributed by atoms with E-state index < -0.39 is 0 Å². The minimum Gasteiger partial charge on any atom is -0.493 e. The number of hydrazine groups is 1. The van der Waals surface area contributed by atoms with Gasteiger partial charge in [-0.1, -0.05) is 29.8 Å². The number of carbonyl (C=O) groups is 1. The first-order valence-corrected chi connectivity index (χ1v) is 8.72. The molecule has 0 aliphatic carbocycles. The summed E-state index contributed by atoms with van der Waals surface area (Å²) in [6.07, 6.45) is 0. The summed E-state index contributed by atoms with van der Waals surface area (Å²) in [5.41, 5.74) is 8.19. The first kappa shape index (κ1) is 18.5. The SMILES string of the molecule is COc1ccc(CNC(=O)C2CNNC2c2ccc(Cl)cc2)cc1OC. The lowest BCUT2D eigenvalue weighted by Gasteiger charge is -2.19. The highest BCUT2D eigenvalue weighted by Gasteiger charge is 2.33. The van der Waals surface area contributed by atoms with Gasteiger partial charge in [0.25, 0.3) is 0 Å². The van der Waals surface area contributed by atoms with Crippen LogP contribution in [-0.4, -0.2) is 26.7 Å². The number of hydrogen-bond acceptors (Lipinski definition) is 5. The molecule has 3 rings (SSSR count). The lowest BCUT2D eigenvalue weighted by Crippen LogP contribution is -2.34. The van der Waals surface area contributed by atoms with Gasteiger partial charge in [-0.15, -0.1) is 0 Å². The number of rotatable bonds is 6. The molecular formula is C19H22ClN3O3. The Morgan fingerprint density at radius 2 is 1.88 bits per heavy atom. The number of methoxy groups -OCH3 is 2. The van der Waals surface area contributed by atoms with Gasteiger partial charge in [0.1, 0.15) is 0 Å². The summed E-state index contributed by atoms with van der Waals surface area (Å²) in [7, 11) is 3.18. The van der Waals surface area contributed by atoms with Gasteiger partial charge in [0.05, 0.1) is 26.2 Å². The molecule has 1 fully saturated rings. The number of nitrogens with one attached hydrogen (secondary N) is 3. The molecule has 2 atom stereocenters. The Bertz CT molecular complexity index is 767. The average Bonchev–Trinajstić information content (AvgIpc) is 3.16. The third-order valence-electron chi connectivity index (χ3n) is 4.46. The fourth-order valence-corrected chi connectivity index (χ4v) is 3.16. The van der Waals surface area contributed by atoms with Crippen LogP contribution in [0.3, 0.4) is 0 Å². The van der Waals surface area contributed by atoms with E-state index in [0.29, 0.717) is 29.6 Å². The van der Waals surface area contributed by atoms with Crippen molar-refractivity contribution >= 4 is 17.5 Å². The molecule has 1 heterocycles. The molecule has 2 aromatic carbocycles. The fourth-order valence-electron chi connectivity index (χ4n) is 3.04. The van der Waals surface area contributed by atoms with Crippen molar-refractivity contribution in [3.8, 4) is 11.5 Å². The number of hydrogen-bond donors (Lipinski definition) is 3. The Morgan fingerprint density at radius 1 is 1.15 bits per heavy atom. The highest BCUT2D eigenvalue weighted by Crippen LogP contribution is 2.28. The second kappa shape index (κ2) is 8.40. The zero-order chi connectivity index (χ0) is 18.5. The molecule has 1 aliphatic rings. The van der Waals surface area contributed by atoms with Crippen LogP contribution in [0, 0.1) is 5.92 Å². The van der Waals surface area contributed by atoms with E-state index in [9.17, 15) is 4.79 Å². The van der Waals surface area contributed by atoms with Crippen LogP contribution in [0.2, 0.25) is 5.02 Å². The minimum atomic E-state index is -0.212. The molecule has 0 aromatic heterocycles. The van der Waals surface area contributed by atoms with Gasteiger partial charge in [0.2, 0.25) is 5.91 Å². The van der Waals surface area contributed by atoms with E-state index in [0.717, 1.165) is 11.1 Å². The van der Waals surface area contributed by atoms with E-state index in [1.165, 1.54) is 0 Å². The van der Waals surface area contributed by atoms with Crippen molar-refractivity contribution in [3.63, 3.8) is 0 Å². The van der Waals surface area contributed by atoms with Crippen molar-refractivity contribution < 1.29 is 14.3 Å². The molecule has 1 amide bonds. The van der Waals surface area contributed by atoms with E-state index in [-0.39, 0.29) is 17.9 Å². The number of halogens is 1. The Balaban J connectivity index is 1.65. The maximum atomic E-state index is 12.7. The van der Waals surface area contributed by atoms with Crippen LogP contribution in [0.5, 0.6) is 11.5 Å². The molecule has 0 saturated carbocycles. The topological polar surface area (TPSA) is 71.6 Å². The summed E-state index contributed by atoms with van der Waals surface area (Å²) in [6, 6.07) is 13.0. The van der Waals surface area contributed by atoms with E-state index in [1.807, 2.05) is 42.5 Å². The van der Waals surface area contributed by atoms with Crippen molar-refractivity contribution in [1.82, 2.24) is 16.2 Å². The number of amides is 1. The number of benzene rings is 2. The van der Waals surface area contributed by atoms with Crippen LogP contribution in [0.15, 0.2) is 42.5 Å². The van der Waals surface area contributed by atoms with Crippen molar-refractivity contribution in [2.45, 2.75) is 12.6 Å². The van der Waals surface area contributed by atoms with Crippen LogP contribution in [0.25, 0.3) is 0 Å². The molecule has 6 nitrogen and oxygen atoms in total. The molecule has 2 unspecified atom stereocenters. The number of ether oxygens (including phenoxy) is 2. The zero-order valence-electron chi connectivity index (χ0n) is 14.7. The smallest absolute Gasteiger partial charge is 0.226 e. The third kappa shape index (κ3) is 4.09. The summed E-state index contributed by atoms with van der Waals surface area (Å²) >= 11 is 5.95. The van der Waals surface area contributed by atoms with Crippen LogP contribution in [0.4, 0.5) is 0 Å². The zero-order valence-corrected chi connectivity index (χ0v) is 15.5. The van der Waals surface area contributed by atoms with Crippen molar-refractivity contribution in [2.75, 3.05) is 20.8 Å².